The van der Waals surface area contributed by atoms with Gasteiger partial charge >= 0.3 is 17.7 Å². The lowest BCUT2D eigenvalue weighted by Gasteiger charge is -2.24. The monoisotopic (exact) mass is 621 g/mol. The van der Waals surface area contributed by atoms with Crippen molar-refractivity contribution in [3.63, 3.8) is 0 Å². The van der Waals surface area contributed by atoms with Crippen molar-refractivity contribution in [2.75, 3.05) is 33.0 Å². The van der Waals surface area contributed by atoms with Gasteiger partial charge in [-0.05, 0) is 90.3 Å². The molecule has 0 radical (unpaired) electrons. The van der Waals surface area contributed by atoms with Crippen molar-refractivity contribution in [3.8, 4) is 11.5 Å². The van der Waals surface area contributed by atoms with Crippen molar-refractivity contribution in [1.29, 1.82) is 0 Å². The van der Waals surface area contributed by atoms with E-state index in [9.17, 15) is 14.7 Å². The van der Waals surface area contributed by atoms with E-state index in [4.69, 9.17) is 40.0 Å². The minimum atomic E-state index is -2.46. The van der Waals surface area contributed by atoms with Gasteiger partial charge in [0.2, 0.25) is 0 Å². The summed E-state index contributed by atoms with van der Waals surface area (Å²) in [5.41, 5.74) is 0.722. The summed E-state index contributed by atoms with van der Waals surface area (Å²) in [5.74, 6) is -4.15. The number of ether oxygens (including phenoxy) is 6. The number of aliphatic hydroxyl groups is 1. The molecule has 0 aromatic heterocycles. The minimum absolute atomic E-state index is 0.0282. The van der Waals surface area contributed by atoms with Crippen LogP contribution in [0.25, 0.3) is 0 Å². The molecule has 0 fully saturated rings. The highest BCUT2D eigenvalue weighted by Gasteiger charge is 2.60. The molecule has 2 atom stereocenters. The van der Waals surface area contributed by atoms with Gasteiger partial charge in [0, 0.05) is 17.6 Å². The fourth-order valence-corrected chi connectivity index (χ4v) is 4.35. The summed E-state index contributed by atoms with van der Waals surface area (Å²) < 4.78 is 33.6. The van der Waals surface area contributed by atoms with Gasteiger partial charge in [-0.1, -0.05) is 29.8 Å². The first kappa shape index (κ1) is 34.6. The summed E-state index contributed by atoms with van der Waals surface area (Å²) in [6.45, 7) is 13.6. The molecule has 0 spiro atoms. The lowest BCUT2D eigenvalue weighted by molar-refractivity contribution is -0.205. The molecule has 0 bridgehead atoms. The number of fused-ring (bicyclic) bond motifs is 1. The number of halogens is 1. The molecule has 43 heavy (non-hydrogen) atoms. The first-order valence-electron chi connectivity index (χ1n) is 14.4. The second-order valence-corrected chi connectivity index (χ2v) is 12.8. The van der Waals surface area contributed by atoms with E-state index in [-0.39, 0.29) is 44.0 Å². The zero-order valence-electron chi connectivity index (χ0n) is 26.0. The lowest BCUT2D eigenvalue weighted by atomic mass is 10.1. The molecule has 0 saturated heterocycles. The first-order valence-corrected chi connectivity index (χ1v) is 14.8. The Kier molecular flexibility index (Phi) is 11.8. The van der Waals surface area contributed by atoms with Gasteiger partial charge in [0.25, 0.3) is 0 Å². The zero-order valence-corrected chi connectivity index (χ0v) is 26.8. The van der Waals surface area contributed by atoms with E-state index in [0.29, 0.717) is 18.0 Å². The van der Waals surface area contributed by atoms with Gasteiger partial charge in [-0.2, -0.15) is 0 Å². The highest BCUT2D eigenvalue weighted by atomic mass is 35.5. The third-order valence-corrected chi connectivity index (χ3v) is 6.43. The maximum Gasteiger partial charge on any atom is 0.453 e. The third-order valence-electron chi connectivity index (χ3n) is 6.19. The number of carbonyl (C=O) groups is 2. The zero-order chi connectivity index (χ0) is 31.8. The predicted octanol–water partition coefficient (Wildman–Crippen LogP) is 4.78. The largest absolute Gasteiger partial charge is 0.457 e. The Balaban J connectivity index is 1.66. The summed E-state index contributed by atoms with van der Waals surface area (Å²) in [4.78, 5) is 26.5. The van der Waals surface area contributed by atoms with E-state index in [1.165, 1.54) is 0 Å². The molecule has 2 N–H and O–H groups in total. The molecule has 0 amide bonds. The average molecular weight is 622 g/mol. The van der Waals surface area contributed by atoms with Crippen LogP contribution >= 0.6 is 11.6 Å². The molecule has 2 aromatic carbocycles. The van der Waals surface area contributed by atoms with E-state index in [1.807, 2.05) is 60.6 Å². The van der Waals surface area contributed by atoms with Crippen molar-refractivity contribution in [2.45, 2.75) is 84.0 Å². The lowest BCUT2D eigenvalue weighted by Crippen LogP contribution is -2.56. The highest BCUT2D eigenvalue weighted by Crippen LogP contribution is 2.41. The number of rotatable bonds is 14. The van der Waals surface area contributed by atoms with Crippen LogP contribution in [0.4, 0.5) is 0 Å². The summed E-state index contributed by atoms with van der Waals surface area (Å²) in [6, 6.07) is 12.2. The van der Waals surface area contributed by atoms with Crippen molar-refractivity contribution >= 4 is 23.5 Å². The van der Waals surface area contributed by atoms with Crippen LogP contribution in [0.5, 0.6) is 11.5 Å². The maximum absolute atomic E-state index is 13.2. The quantitative estimate of drug-likeness (QED) is 0.173. The van der Waals surface area contributed by atoms with Crippen molar-refractivity contribution in [3.05, 3.63) is 58.6 Å². The van der Waals surface area contributed by atoms with Crippen LogP contribution in [-0.4, -0.2) is 73.0 Å². The number of benzene rings is 2. The Hall–Kier alpha value is -2.89. The van der Waals surface area contributed by atoms with Gasteiger partial charge in [0.1, 0.15) is 13.2 Å². The number of hydrogen-bond donors (Lipinski definition) is 2. The normalized spacial score (nSPS) is 15.6. The van der Waals surface area contributed by atoms with Crippen LogP contribution in [0.2, 0.25) is 5.02 Å². The maximum atomic E-state index is 13.2. The molecule has 2 aromatic rings. The van der Waals surface area contributed by atoms with E-state index in [1.54, 1.807) is 30.3 Å². The van der Waals surface area contributed by atoms with Crippen molar-refractivity contribution < 1.29 is 43.1 Å². The number of hydrogen-bond acceptors (Lipinski definition) is 10. The topological polar surface area (TPSA) is 122 Å². The summed E-state index contributed by atoms with van der Waals surface area (Å²) in [6.07, 6.45) is -0.159. The van der Waals surface area contributed by atoms with E-state index < -0.39 is 35.0 Å². The molecule has 11 heteroatoms. The summed E-state index contributed by atoms with van der Waals surface area (Å²) >= 11 is 6.04. The summed E-state index contributed by atoms with van der Waals surface area (Å²) in [7, 11) is 0. The second-order valence-electron chi connectivity index (χ2n) is 12.4. The molecular formula is C32H44ClNO9. The van der Waals surface area contributed by atoms with Crippen LogP contribution in [0.1, 0.15) is 65.7 Å². The molecule has 1 aliphatic heterocycles. The summed E-state index contributed by atoms with van der Waals surface area (Å²) in [5, 5.41) is 14.4. The molecule has 238 valence electrons. The Bertz CT molecular complexity index is 1200. The second kappa shape index (κ2) is 14.7. The van der Waals surface area contributed by atoms with Crippen LogP contribution in [0.3, 0.4) is 0 Å². The molecule has 1 heterocycles. The fourth-order valence-electron chi connectivity index (χ4n) is 4.15. The Morgan fingerprint density at radius 3 is 2.02 bits per heavy atom. The van der Waals surface area contributed by atoms with Crippen LogP contribution in [-0.2, 0) is 35.0 Å². The van der Waals surface area contributed by atoms with E-state index >= 15 is 0 Å². The SMILES string of the molecule is C[C@H](Cc1ccc2c(c1)OC(C(=O)OCCOC(C)(C)C)(C(=O)OCCOC(C)(C)C)O2)NC[C@H](O)c1cccc(Cl)c1. The molecule has 0 aliphatic carbocycles. The van der Waals surface area contributed by atoms with Crippen LogP contribution in [0, 0.1) is 0 Å². The van der Waals surface area contributed by atoms with Crippen LogP contribution in [0.15, 0.2) is 42.5 Å². The van der Waals surface area contributed by atoms with Crippen molar-refractivity contribution in [1.82, 2.24) is 5.32 Å². The molecule has 10 nitrogen and oxygen atoms in total. The molecular weight excluding hydrogens is 578 g/mol. The number of esters is 2. The van der Waals surface area contributed by atoms with Gasteiger partial charge in [-0.15, -0.1) is 0 Å². The molecule has 0 unspecified atom stereocenters. The van der Waals surface area contributed by atoms with Gasteiger partial charge in [0.05, 0.1) is 30.5 Å². The third kappa shape index (κ3) is 10.7. The predicted molar refractivity (Wildman–Crippen MR) is 161 cm³/mol. The Morgan fingerprint density at radius 1 is 0.884 bits per heavy atom. The number of aliphatic hydroxyl groups excluding tert-OH is 1. The Morgan fingerprint density at radius 2 is 1.47 bits per heavy atom. The molecule has 3 rings (SSSR count). The van der Waals surface area contributed by atoms with Gasteiger partial charge in [0.15, 0.2) is 11.5 Å². The molecule has 0 saturated carbocycles. The number of carbonyl (C=O) groups excluding carboxylic acids is 2. The fraction of sp³-hybridized carbons (Fsp3) is 0.562. The minimum Gasteiger partial charge on any atom is -0.457 e. The van der Waals surface area contributed by atoms with Crippen LogP contribution < -0.4 is 14.8 Å². The van der Waals surface area contributed by atoms with Gasteiger partial charge in [-0.25, -0.2) is 9.59 Å². The standard InChI is InChI=1S/C32H44ClNO9/c1-21(34-20-25(35)23-9-8-10-24(33)19-23)17-22-11-12-26-27(18-22)43-32(42-26,28(36)38-13-15-40-30(2,3)4)29(37)39-14-16-41-31(5,6)7/h8-12,18-19,21,25,34-35H,13-17,20H2,1-7H3/t21-,25+/m1/s1. The van der Waals surface area contributed by atoms with Gasteiger partial charge < -0.3 is 38.8 Å². The highest BCUT2D eigenvalue weighted by molar-refractivity contribution is 6.30. The van der Waals surface area contributed by atoms with Gasteiger partial charge in [-0.3, -0.25) is 0 Å². The molecule has 1 aliphatic rings. The average Bonchev–Trinajstić information content (AvgIpc) is 3.31. The van der Waals surface area contributed by atoms with E-state index in [2.05, 4.69) is 5.32 Å². The smallest absolute Gasteiger partial charge is 0.453 e. The van der Waals surface area contributed by atoms with Crippen molar-refractivity contribution in [2.24, 2.45) is 0 Å². The van der Waals surface area contributed by atoms with E-state index in [0.717, 1.165) is 11.1 Å². The Labute approximate surface area is 258 Å². The number of nitrogens with one attached hydrogen (secondary N) is 1. The first-order chi connectivity index (χ1) is 20.1.